The molecule has 2 N–H and O–H groups in total. The van der Waals surface area contributed by atoms with Crippen LogP contribution in [0.5, 0.6) is 0 Å². The molecule has 0 aliphatic heterocycles. The highest BCUT2D eigenvalue weighted by Crippen LogP contribution is 2.03. The van der Waals surface area contributed by atoms with Gasteiger partial charge >= 0.3 is 0 Å². The van der Waals surface area contributed by atoms with E-state index in [2.05, 4.69) is 30.7 Å². The maximum Gasteiger partial charge on any atom is 0.166 e. The fourth-order valence-corrected chi connectivity index (χ4v) is 2.07. The van der Waals surface area contributed by atoms with Gasteiger partial charge in [0, 0.05) is 12.6 Å². The van der Waals surface area contributed by atoms with Crippen LogP contribution in [0.15, 0.2) is 0 Å². The molecule has 0 aromatic carbocycles. The molecular weight excluding hydrogens is 224 g/mol. The van der Waals surface area contributed by atoms with Crippen LogP contribution in [0.1, 0.15) is 39.5 Å². The average molecular weight is 248 g/mol. The first kappa shape index (κ1) is 15.0. The van der Waals surface area contributed by atoms with Gasteiger partial charge in [0.05, 0.1) is 0 Å². The van der Waals surface area contributed by atoms with Crippen molar-refractivity contribution >= 4 is 29.1 Å². The zero-order chi connectivity index (χ0) is 11.5. The molecule has 0 amide bonds. The number of thiocarbonyl (C=S) groups is 1. The predicted molar refractivity (Wildman–Crippen MR) is 75.7 cm³/mol. The largest absolute Gasteiger partial charge is 0.363 e. The van der Waals surface area contributed by atoms with Crippen molar-refractivity contribution in [3.05, 3.63) is 0 Å². The van der Waals surface area contributed by atoms with Crippen molar-refractivity contribution in [1.29, 1.82) is 0 Å². The number of hydrogen-bond donors (Lipinski definition) is 2. The molecule has 0 saturated carbocycles. The van der Waals surface area contributed by atoms with Gasteiger partial charge in [0.25, 0.3) is 0 Å². The second-order valence-corrected chi connectivity index (χ2v) is 5.36. The van der Waals surface area contributed by atoms with Crippen LogP contribution >= 0.6 is 24.0 Å². The van der Waals surface area contributed by atoms with Crippen LogP contribution in [0.3, 0.4) is 0 Å². The van der Waals surface area contributed by atoms with E-state index in [9.17, 15) is 0 Å². The first-order valence-electron chi connectivity index (χ1n) is 5.70. The van der Waals surface area contributed by atoms with Crippen molar-refractivity contribution in [2.24, 2.45) is 0 Å². The molecule has 0 heterocycles. The Balaban J connectivity index is 3.13. The van der Waals surface area contributed by atoms with Gasteiger partial charge in [0.1, 0.15) is 0 Å². The monoisotopic (exact) mass is 248 g/mol. The molecule has 0 aliphatic carbocycles. The lowest BCUT2D eigenvalue weighted by atomic mass is 10.2. The number of hydrogen-bond acceptors (Lipinski definition) is 2. The first-order valence-corrected chi connectivity index (χ1v) is 7.50. The first-order chi connectivity index (χ1) is 7.16. The van der Waals surface area contributed by atoms with E-state index in [1.807, 2.05) is 11.8 Å². The number of unbranched alkanes of at least 4 members (excludes halogenated alkanes) is 3. The van der Waals surface area contributed by atoms with Crippen LogP contribution in [0.2, 0.25) is 0 Å². The molecule has 90 valence electrons. The molecule has 2 nitrogen and oxygen atoms in total. The van der Waals surface area contributed by atoms with Crippen LogP contribution in [-0.4, -0.2) is 29.7 Å². The third-order valence-electron chi connectivity index (χ3n) is 1.98. The molecule has 0 rings (SSSR count). The molecule has 0 radical (unpaired) electrons. The average Bonchev–Trinajstić information content (AvgIpc) is 2.15. The molecule has 0 unspecified atom stereocenters. The standard InChI is InChI=1S/C11H24N2S2/c1-10(2)13-11(14)12-8-6-4-5-7-9-15-3/h10H,4-9H2,1-3H3,(H2,12,13,14). The van der Waals surface area contributed by atoms with Crippen LogP contribution in [0.25, 0.3) is 0 Å². The zero-order valence-electron chi connectivity index (χ0n) is 10.1. The fourth-order valence-electron chi connectivity index (χ4n) is 1.24. The van der Waals surface area contributed by atoms with E-state index >= 15 is 0 Å². The third kappa shape index (κ3) is 12.0. The lowest BCUT2D eigenvalue weighted by Gasteiger charge is -2.12. The fraction of sp³-hybridized carbons (Fsp3) is 0.909. The summed E-state index contributed by atoms with van der Waals surface area (Å²) in [7, 11) is 0. The second-order valence-electron chi connectivity index (χ2n) is 3.96. The summed E-state index contributed by atoms with van der Waals surface area (Å²) in [6, 6.07) is 0.423. The van der Waals surface area contributed by atoms with Gasteiger partial charge in [-0.3, -0.25) is 0 Å². The minimum absolute atomic E-state index is 0.423. The van der Waals surface area contributed by atoms with Crippen LogP contribution in [0.4, 0.5) is 0 Å². The molecule has 0 aliphatic rings. The van der Waals surface area contributed by atoms with E-state index in [-0.39, 0.29) is 0 Å². The Morgan fingerprint density at radius 3 is 2.47 bits per heavy atom. The summed E-state index contributed by atoms with van der Waals surface area (Å²) in [4.78, 5) is 0. The second kappa shape index (κ2) is 10.6. The van der Waals surface area contributed by atoms with Crippen LogP contribution < -0.4 is 10.6 Å². The van der Waals surface area contributed by atoms with E-state index in [1.165, 1.54) is 31.4 Å². The van der Waals surface area contributed by atoms with Gasteiger partial charge in [-0.25, -0.2) is 0 Å². The van der Waals surface area contributed by atoms with Crippen molar-refractivity contribution in [3.8, 4) is 0 Å². The molecular formula is C11H24N2S2. The van der Waals surface area contributed by atoms with E-state index in [1.54, 1.807) is 0 Å². The van der Waals surface area contributed by atoms with Crippen LogP contribution in [0, 0.1) is 0 Å². The molecule has 0 bridgehead atoms. The maximum atomic E-state index is 5.12. The molecule has 0 saturated heterocycles. The number of thioether (sulfide) groups is 1. The highest BCUT2D eigenvalue weighted by atomic mass is 32.2. The van der Waals surface area contributed by atoms with Gasteiger partial charge in [0.2, 0.25) is 0 Å². The molecule has 0 atom stereocenters. The van der Waals surface area contributed by atoms with Gasteiger partial charge in [-0.1, -0.05) is 12.8 Å². The number of rotatable bonds is 8. The van der Waals surface area contributed by atoms with Gasteiger partial charge in [-0.15, -0.1) is 0 Å². The minimum atomic E-state index is 0.423. The summed E-state index contributed by atoms with van der Waals surface area (Å²) < 4.78 is 0. The minimum Gasteiger partial charge on any atom is -0.363 e. The van der Waals surface area contributed by atoms with Gasteiger partial charge < -0.3 is 10.6 Å². The smallest absolute Gasteiger partial charge is 0.166 e. The van der Waals surface area contributed by atoms with Gasteiger partial charge in [-0.2, -0.15) is 11.8 Å². The predicted octanol–water partition coefficient (Wildman–Crippen LogP) is 2.78. The Labute approximate surface area is 104 Å². The van der Waals surface area contributed by atoms with E-state index in [0.29, 0.717) is 6.04 Å². The Morgan fingerprint density at radius 1 is 1.20 bits per heavy atom. The third-order valence-corrected chi connectivity index (χ3v) is 2.94. The molecule has 4 heteroatoms. The van der Waals surface area contributed by atoms with E-state index in [4.69, 9.17) is 12.2 Å². The van der Waals surface area contributed by atoms with Crippen molar-refractivity contribution in [2.75, 3.05) is 18.6 Å². The molecule has 0 aromatic rings. The summed E-state index contributed by atoms with van der Waals surface area (Å²) in [5.41, 5.74) is 0. The SMILES string of the molecule is CSCCCCCCNC(=S)NC(C)C. The van der Waals surface area contributed by atoms with Crippen molar-refractivity contribution in [1.82, 2.24) is 10.6 Å². The highest BCUT2D eigenvalue weighted by molar-refractivity contribution is 7.98. The summed E-state index contributed by atoms with van der Waals surface area (Å²) in [5.74, 6) is 1.29. The molecule has 15 heavy (non-hydrogen) atoms. The van der Waals surface area contributed by atoms with Crippen LogP contribution in [-0.2, 0) is 0 Å². The Hall–Kier alpha value is 0.0400. The topological polar surface area (TPSA) is 24.1 Å². The van der Waals surface area contributed by atoms with Crippen molar-refractivity contribution in [2.45, 2.75) is 45.6 Å². The van der Waals surface area contributed by atoms with Crippen molar-refractivity contribution < 1.29 is 0 Å². The molecule has 0 fully saturated rings. The Bertz CT molecular complexity index is 161. The number of nitrogens with one attached hydrogen (secondary N) is 2. The van der Waals surface area contributed by atoms with E-state index < -0.39 is 0 Å². The summed E-state index contributed by atoms with van der Waals surface area (Å²) in [6.07, 6.45) is 7.37. The zero-order valence-corrected chi connectivity index (χ0v) is 11.8. The quantitative estimate of drug-likeness (QED) is 0.509. The Morgan fingerprint density at radius 2 is 1.87 bits per heavy atom. The summed E-state index contributed by atoms with van der Waals surface area (Å²) >= 11 is 7.06. The van der Waals surface area contributed by atoms with Gasteiger partial charge in [0.15, 0.2) is 5.11 Å². The molecule has 0 spiro atoms. The lowest BCUT2D eigenvalue weighted by Crippen LogP contribution is -2.39. The lowest BCUT2D eigenvalue weighted by molar-refractivity contribution is 0.645. The van der Waals surface area contributed by atoms with E-state index in [0.717, 1.165) is 11.7 Å². The summed E-state index contributed by atoms with van der Waals surface area (Å²) in [5, 5.41) is 7.18. The molecule has 0 aromatic heterocycles. The Kier molecular flexibility index (Phi) is 10.6. The highest BCUT2D eigenvalue weighted by Gasteiger charge is 1.96. The normalized spacial score (nSPS) is 10.4. The van der Waals surface area contributed by atoms with Gasteiger partial charge in [-0.05, 0) is 50.9 Å². The van der Waals surface area contributed by atoms with Crippen molar-refractivity contribution in [3.63, 3.8) is 0 Å². The maximum absolute atomic E-state index is 5.12. The summed E-state index contributed by atoms with van der Waals surface area (Å²) in [6.45, 7) is 5.19.